The number of nitrogens with zero attached hydrogens (tertiary/aromatic N) is 5. The minimum absolute atomic E-state index is 0.101. The third-order valence-corrected chi connectivity index (χ3v) is 3.09. The van der Waals surface area contributed by atoms with Gasteiger partial charge in [0.1, 0.15) is 6.07 Å². The van der Waals surface area contributed by atoms with Gasteiger partial charge in [0.05, 0.1) is 29.3 Å². The van der Waals surface area contributed by atoms with E-state index < -0.39 is 11.7 Å². The molecule has 120 valence electrons. The van der Waals surface area contributed by atoms with Gasteiger partial charge in [-0.25, -0.2) is 14.6 Å². The van der Waals surface area contributed by atoms with E-state index in [-0.39, 0.29) is 17.2 Å². The van der Waals surface area contributed by atoms with Gasteiger partial charge in [-0.05, 0) is 18.2 Å². The number of hydrogen-bond donors (Lipinski definition) is 1. The van der Waals surface area contributed by atoms with Gasteiger partial charge in [0, 0.05) is 12.4 Å². The molecule has 9 heteroatoms. The van der Waals surface area contributed by atoms with Crippen LogP contribution in [0.15, 0.2) is 49.1 Å². The number of aromatic nitrogens is 4. The lowest BCUT2D eigenvalue weighted by molar-refractivity contribution is -0.137. The van der Waals surface area contributed by atoms with Crippen LogP contribution in [0.2, 0.25) is 0 Å². The van der Waals surface area contributed by atoms with Gasteiger partial charge in [-0.15, -0.1) is 0 Å². The molecule has 0 aliphatic rings. The summed E-state index contributed by atoms with van der Waals surface area (Å²) in [5.41, 5.74) is 0.0666. The molecule has 2 aromatic heterocycles. The van der Waals surface area contributed by atoms with Gasteiger partial charge in [0.2, 0.25) is 0 Å². The molecule has 0 spiro atoms. The first-order valence-corrected chi connectivity index (χ1v) is 6.68. The number of alkyl halides is 3. The van der Waals surface area contributed by atoms with E-state index in [1.165, 1.54) is 41.6 Å². The van der Waals surface area contributed by atoms with Crippen LogP contribution in [0.4, 0.5) is 24.7 Å². The summed E-state index contributed by atoms with van der Waals surface area (Å²) in [6.45, 7) is 0. The molecule has 0 aliphatic heterocycles. The van der Waals surface area contributed by atoms with E-state index in [1.54, 1.807) is 0 Å². The minimum Gasteiger partial charge on any atom is -0.335 e. The Balaban J connectivity index is 1.88. The highest BCUT2D eigenvalue weighted by Gasteiger charge is 2.30. The smallest absolute Gasteiger partial charge is 0.335 e. The number of benzene rings is 1. The number of nitrogens with one attached hydrogen (secondary N) is 1. The molecule has 3 rings (SSSR count). The third-order valence-electron chi connectivity index (χ3n) is 3.09. The third kappa shape index (κ3) is 3.17. The maximum atomic E-state index is 12.8. The fourth-order valence-corrected chi connectivity index (χ4v) is 2.00. The van der Waals surface area contributed by atoms with Gasteiger partial charge in [-0.2, -0.15) is 23.5 Å². The first kappa shape index (κ1) is 15.5. The molecule has 0 bridgehead atoms. The van der Waals surface area contributed by atoms with E-state index in [0.717, 1.165) is 12.1 Å². The number of nitriles is 1. The van der Waals surface area contributed by atoms with Crippen molar-refractivity contribution in [2.75, 3.05) is 5.32 Å². The summed E-state index contributed by atoms with van der Waals surface area (Å²) in [5, 5.41) is 15.8. The Morgan fingerprint density at radius 3 is 2.71 bits per heavy atom. The first-order valence-electron chi connectivity index (χ1n) is 6.68. The van der Waals surface area contributed by atoms with Gasteiger partial charge in [-0.1, -0.05) is 6.07 Å². The lowest BCUT2D eigenvalue weighted by Gasteiger charge is -2.08. The second kappa shape index (κ2) is 6.00. The van der Waals surface area contributed by atoms with Crippen molar-refractivity contribution in [3.63, 3.8) is 0 Å². The van der Waals surface area contributed by atoms with Crippen molar-refractivity contribution in [1.29, 1.82) is 5.26 Å². The summed E-state index contributed by atoms with van der Waals surface area (Å²) in [6, 6.07) is 6.70. The van der Waals surface area contributed by atoms with Crippen LogP contribution >= 0.6 is 0 Å². The molecule has 3 aromatic rings. The Labute approximate surface area is 134 Å². The van der Waals surface area contributed by atoms with Gasteiger partial charge >= 0.3 is 6.18 Å². The molecular formula is C15H9F3N6. The molecular weight excluding hydrogens is 321 g/mol. The van der Waals surface area contributed by atoms with E-state index in [4.69, 9.17) is 5.26 Å². The summed E-state index contributed by atoms with van der Waals surface area (Å²) in [6.07, 6.45) is 1.28. The van der Waals surface area contributed by atoms with Crippen molar-refractivity contribution >= 4 is 11.5 Å². The van der Waals surface area contributed by atoms with Crippen LogP contribution in [-0.4, -0.2) is 19.7 Å². The highest BCUT2D eigenvalue weighted by molar-refractivity contribution is 5.59. The molecule has 0 atom stereocenters. The van der Waals surface area contributed by atoms with E-state index in [0.29, 0.717) is 5.69 Å². The van der Waals surface area contributed by atoms with Gasteiger partial charge in [0.25, 0.3) is 0 Å². The molecule has 0 saturated carbocycles. The maximum absolute atomic E-state index is 12.8. The monoisotopic (exact) mass is 330 g/mol. The SMILES string of the molecule is N#Cc1nccnc1Nc1cnn(-c2cccc(C(F)(F)F)c2)c1. The summed E-state index contributed by atoms with van der Waals surface area (Å²) in [7, 11) is 0. The fraction of sp³-hybridized carbons (Fsp3) is 0.0667. The van der Waals surface area contributed by atoms with Crippen LogP contribution in [0.5, 0.6) is 0 Å². The highest BCUT2D eigenvalue weighted by Crippen LogP contribution is 2.30. The molecule has 0 fully saturated rings. The molecule has 1 aromatic carbocycles. The van der Waals surface area contributed by atoms with Crippen LogP contribution in [0.3, 0.4) is 0 Å². The largest absolute Gasteiger partial charge is 0.416 e. The zero-order valence-electron chi connectivity index (χ0n) is 12.0. The Bertz CT molecular complexity index is 910. The standard InChI is InChI=1S/C15H9F3N6/c16-15(17,18)10-2-1-3-12(6-10)24-9-11(8-22-24)23-14-13(7-19)20-4-5-21-14/h1-6,8-9H,(H,21,23). The van der Waals surface area contributed by atoms with Crippen LogP contribution in [0.25, 0.3) is 5.69 Å². The van der Waals surface area contributed by atoms with E-state index in [1.807, 2.05) is 6.07 Å². The number of hydrogen-bond acceptors (Lipinski definition) is 5. The number of rotatable bonds is 3. The normalized spacial score (nSPS) is 11.1. The zero-order chi connectivity index (χ0) is 17.2. The molecule has 6 nitrogen and oxygen atoms in total. The molecule has 0 saturated heterocycles. The average Bonchev–Trinajstić information content (AvgIpc) is 3.03. The van der Waals surface area contributed by atoms with E-state index >= 15 is 0 Å². The predicted octanol–water partition coefficient (Wildman–Crippen LogP) is 3.30. The van der Waals surface area contributed by atoms with Crippen molar-refractivity contribution < 1.29 is 13.2 Å². The summed E-state index contributed by atoms with van der Waals surface area (Å²) < 4.78 is 39.6. The zero-order valence-corrected chi connectivity index (χ0v) is 12.0. The fourth-order valence-electron chi connectivity index (χ4n) is 2.00. The van der Waals surface area contributed by atoms with E-state index in [2.05, 4.69) is 20.4 Å². The molecule has 0 unspecified atom stereocenters. The molecule has 0 radical (unpaired) electrons. The number of anilines is 2. The topological polar surface area (TPSA) is 79.4 Å². The molecule has 0 amide bonds. The molecule has 0 aliphatic carbocycles. The van der Waals surface area contributed by atoms with E-state index in [9.17, 15) is 13.2 Å². The lowest BCUT2D eigenvalue weighted by atomic mass is 10.2. The van der Waals surface area contributed by atoms with Crippen LogP contribution in [-0.2, 0) is 6.18 Å². The second-order valence-electron chi connectivity index (χ2n) is 4.71. The van der Waals surface area contributed by atoms with Crippen molar-refractivity contribution in [3.8, 4) is 11.8 Å². The van der Waals surface area contributed by atoms with Crippen molar-refractivity contribution in [1.82, 2.24) is 19.7 Å². The van der Waals surface area contributed by atoms with Gasteiger partial charge in [0.15, 0.2) is 11.5 Å². The van der Waals surface area contributed by atoms with Crippen molar-refractivity contribution in [3.05, 3.63) is 60.3 Å². The molecule has 24 heavy (non-hydrogen) atoms. The van der Waals surface area contributed by atoms with Crippen LogP contribution in [0, 0.1) is 11.3 Å². The first-order chi connectivity index (χ1) is 11.5. The van der Waals surface area contributed by atoms with Gasteiger partial charge < -0.3 is 5.32 Å². The Kier molecular flexibility index (Phi) is 3.87. The van der Waals surface area contributed by atoms with Crippen LogP contribution < -0.4 is 5.32 Å². The Morgan fingerprint density at radius 2 is 1.96 bits per heavy atom. The minimum atomic E-state index is -4.43. The van der Waals surface area contributed by atoms with Crippen LogP contribution in [0.1, 0.15) is 11.3 Å². The van der Waals surface area contributed by atoms with Crippen molar-refractivity contribution in [2.45, 2.75) is 6.18 Å². The quantitative estimate of drug-likeness (QED) is 0.797. The highest BCUT2D eigenvalue weighted by atomic mass is 19.4. The summed E-state index contributed by atoms with van der Waals surface area (Å²) in [5.74, 6) is 0.239. The summed E-state index contributed by atoms with van der Waals surface area (Å²) in [4.78, 5) is 7.85. The molecule has 1 N–H and O–H groups in total. The second-order valence-corrected chi connectivity index (χ2v) is 4.71. The Morgan fingerprint density at radius 1 is 1.17 bits per heavy atom. The van der Waals surface area contributed by atoms with Gasteiger partial charge in [-0.3, -0.25) is 0 Å². The summed E-state index contributed by atoms with van der Waals surface area (Å²) >= 11 is 0. The Hall–Kier alpha value is -3.41. The van der Waals surface area contributed by atoms with Crippen molar-refractivity contribution in [2.24, 2.45) is 0 Å². The number of halogens is 3. The lowest BCUT2D eigenvalue weighted by Crippen LogP contribution is -2.06. The predicted molar refractivity (Wildman–Crippen MR) is 78.6 cm³/mol. The maximum Gasteiger partial charge on any atom is 0.416 e. The molecule has 2 heterocycles. The average molecular weight is 330 g/mol.